The van der Waals surface area contributed by atoms with E-state index in [2.05, 4.69) is 0 Å². The van der Waals surface area contributed by atoms with E-state index >= 15 is 0 Å². The number of thioether (sulfide) groups is 1. The molecule has 0 spiro atoms. The predicted molar refractivity (Wildman–Crippen MR) is 46.7 cm³/mol. The zero-order valence-electron chi connectivity index (χ0n) is 6.10. The zero-order chi connectivity index (χ0) is 8.27. The molecule has 0 unspecified atom stereocenters. The Labute approximate surface area is 69.1 Å². The fourth-order valence-corrected chi connectivity index (χ4v) is 1.11. The average molecular weight is 169 g/mol. The second kappa shape index (κ2) is 3.53. The van der Waals surface area contributed by atoms with E-state index in [1.165, 1.54) is 23.9 Å². The lowest BCUT2D eigenvalue weighted by atomic mass is 10.2. The van der Waals surface area contributed by atoms with Gasteiger partial charge in [0.2, 0.25) is 0 Å². The van der Waals surface area contributed by atoms with Crippen molar-refractivity contribution >= 4 is 16.8 Å². The van der Waals surface area contributed by atoms with Crippen molar-refractivity contribution in [3.05, 3.63) is 35.6 Å². The van der Waals surface area contributed by atoms with Crippen LogP contribution in [0.1, 0.15) is 5.56 Å². The van der Waals surface area contributed by atoms with Gasteiger partial charge in [-0.05, 0) is 18.4 Å². The van der Waals surface area contributed by atoms with Crippen molar-refractivity contribution in [2.45, 2.75) is 0 Å². The van der Waals surface area contributed by atoms with Gasteiger partial charge in [-0.3, -0.25) is 5.41 Å². The number of benzene rings is 1. The molecule has 1 rings (SSSR count). The van der Waals surface area contributed by atoms with Gasteiger partial charge in [0.15, 0.2) is 0 Å². The summed E-state index contributed by atoms with van der Waals surface area (Å²) < 4.78 is 12.6. The number of halogens is 1. The average Bonchev–Trinajstić information content (AvgIpc) is 2.03. The van der Waals surface area contributed by atoms with E-state index < -0.39 is 0 Å². The Morgan fingerprint density at radius 1 is 1.55 bits per heavy atom. The second-order valence-electron chi connectivity index (χ2n) is 2.04. The highest BCUT2D eigenvalue weighted by atomic mass is 32.2. The van der Waals surface area contributed by atoms with Crippen LogP contribution < -0.4 is 0 Å². The maximum atomic E-state index is 12.6. The molecule has 1 N–H and O–H groups in total. The molecule has 0 aliphatic rings. The molecular formula is C8H8FNS. The van der Waals surface area contributed by atoms with Crippen LogP contribution in [-0.4, -0.2) is 11.3 Å². The van der Waals surface area contributed by atoms with Crippen LogP contribution in [0.3, 0.4) is 0 Å². The summed E-state index contributed by atoms with van der Waals surface area (Å²) in [4.78, 5) is 0. The summed E-state index contributed by atoms with van der Waals surface area (Å²) in [5.74, 6) is -0.290. The molecule has 0 saturated heterocycles. The molecule has 0 fully saturated rings. The van der Waals surface area contributed by atoms with Gasteiger partial charge >= 0.3 is 0 Å². The van der Waals surface area contributed by atoms with Gasteiger partial charge in [0.05, 0.1) is 5.04 Å². The Morgan fingerprint density at radius 2 is 2.27 bits per heavy atom. The molecule has 1 nitrogen and oxygen atoms in total. The Kier molecular flexibility index (Phi) is 2.65. The normalized spacial score (nSPS) is 9.64. The van der Waals surface area contributed by atoms with Crippen LogP contribution in [0.25, 0.3) is 0 Å². The van der Waals surface area contributed by atoms with E-state index in [0.717, 1.165) is 0 Å². The van der Waals surface area contributed by atoms with Crippen molar-refractivity contribution < 1.29 is 4.39 Å². The van der Waals surface area contributed by atoms with E-state index in [1.807, 2.05) is 0 Å². The maximum absolute atomic E-state index is 12.6. The van der Waals surface area contributed by atoms with Crippen molar-refractivity contribution in [2.24, 2.45) is 0 Å². The standard InChI is InChI=1S/C8H8FNS/c1-11-8(10)6-3-2-4-7(9)5-6/h2-5,10H,1H3. The first-order valence-electron chi connectivity index (χ1n) is 3.12. The van der Waals surface area contributed by atoms with Crippen molar-refractivity contribution in [3.8, 4) is 0 Å². The van der Waals surface area contributed by atoms with Crippen molar-refractivity contribution in [1.29, 1.82) is 5.41 Å². The molecule has 0 bridgehead atoms. The van der Waals surface area contributed by atoms with E-state index in [4.69, 9.17) is 5.41 Å². The van der Waals surface area contributed by atoms with E-state index in [9.17, 15) is 4.39 Å². The molecule has 1 aromatic rings. The van der Waals surface area contributed by atoms with Gasteiger partial charge in [-0.15, -0.1) is 11.8 Å². The van der Waals surface area contributed by atoms with Gasteiger partial charge in [-0.25, -0.2) is 4.39 Å². The summed E-state index contributed by atoms with van der Waals surface area (Å²) in [6.07, 6.45) is 1.80. The summed E-state index contributed by atoms with van der Waals surface area (Å²) >= 11 is 1.30. The third-order valence-corrected chi connectivity index (χ3v) is 1.93. The number of hydrogen-bond acceptors (Lipinski definition) is 2. The third kappa shape index (κ3) is 2.05. The first kappa shape index (κ1) is 8.27. The molecule has 58 valence electrons. The lowest BCUT2D eigenvalue weighted by molar-refractivity contribution is 0.627. The van der Waals surface area contributed by atoms with Gasteiger partial charge in [0, 0.05) is 5.56 Å². The highest BCUT2D eigenvalue weighted by Crippen LogP contribution is 2.10. The van der Waals surface area contributed by atoms with Crippen LogP contribution in [0.5, 0.6) is 0 Å². The Balaban J connectivity index is 2.96. The number of nitrogens with one attached hydrogen (secondary N) is 1. The molecule has 0 heterocycles. The Morgan fingerprint density at radius 3 is 2.82 bits per heavy atom. The van der Waals surface area contributed by atoms with E-state index in [1.54, 1.807) is 18.4 Å². The minimum Gasteiger partial charge on any atom is -0.293 e. The minimum absolute atomic E-state index is 0.290. The molecule has 0 saturated carbocycles. The topological polar surface area (TPSA) is 23.9 Å². The molecule has 11 heavy (non-hydrogen) atoms. The highest BCUT2D eigenvalue weighted by Gasteiger charge is 1.98. The SMILES string of the molecule is CSC(=N)c1cccc(F)c1. The molecule has 1 aromatic carbocycles. The monoisotopic (exact) mass is 169 g/mol. The minimum atomic E-state index is -0.290. The maximum Gasteiger partial charge on any atom is 0.123 e. The van der Waals surface area contributed by atoms with Crippen molar-refractivity contribution in [2.75, 3.05) is 6.26 Å². The van der Waals surface area contributed by atoms with Gasteiger partial charge in [-0.2, -0.15) is 0 Å². The Hall–Kier alpha value is -0.830. The first-order valence-corrected chi connectivity index (χ1v) is 4.35. The zero-order valence-corrected chi connectivity index (χ0v) is 6.91. The third-order valence-electron chi connectivity index (χ3n) is 1.29. The van der Waals surface area contributed by atoms with Crippen LogP contribution in [0.2, 0.25) is 0 Å². The summed E-state index contributed by atoms with van der Waals surface area (Å²) in [6.45, 7) is 0. The van der Waals surface area contributed by atoms with E-state index in [-0.39, 0.29) is 5.82 Å². The molecule has 0 radical (unpaired) electrons. The summed E-state index contributed by atoms with van der Waals surface area (Å²) in [7, 11) is 0. The largest absolute Gasteiger partial charge is 0.293 e. The number of rotatable bonds is 1. The van der Waals surface area contributed by atoms with Crippen LogP contribution >= 0.6 is 11.8 Å². The lowest BCUT2D eigenvalue weighted by Crippen LogP contribution is -1.91. The molecule has 0 aliphatic heterocycles. The van der Waals surface area contributed by atoms with Crippen molar-refractivity contribution in [1.82, 2.24) is 0 Å². The fourth-order valence-electron chi connectivity index (χ4n) is 0.748. The smallest absolute Gasteiger partial charge is 0.123 e. The fraction of sp³-hybridized carbons (Fsp3) is 0.125. The molecule has 0 amide bonds. The quantitative estimate of drug-likeness (QED) is 0.507. The molecule has 0 aliphatic carbocycles. The van der Waals surface area contributed by atoms with Crippen LogP contribution in [0.4, 0.5) is 4.39 Å². The highest BCUT2D eigenvalue weighted by molar-refractivity contribution is 8.13. The molecule has 0 aromatic heterocycles. The lowest BCUT2D eigenvalue weighted by Gasteiger charge is -1.98. The summed E-state index contributed by atoms with van der Waals surface area (Å²) in [5.41, 5.74) is 0.637. The first-order chi connectivity index (χ1) is 5.24. The number of hydrogen-bond donors (Lipinski definition) is 1. The van der Waals surface area contributed by atoms with Gasteiger partial charge < -0.3 is 0 Å². The summed E-state index contributed by atoms with van der Waals surface area (Å²) in [6, 6.07) is 6.06. The van der Waals surface area contributed by atoms with Crippen LogP contribution in [0.15, 0.2) is 24.3 Å². The summed E-state index contributed by atoms with van der Waals surface area (Å²) in [5, 5.41) is 7.76. The van der Waals surface area contributed by atoms with E-state index in [0.29, 0.717) is 10.6 Å². The second-order valence-corrected chi connectivity index (χ2v) is 2.86. The van der Waals surface area contributed by atoms with Crippen LogP contribution in [-0.2, 0) is 0 Å². The van der Waals surface area contributed by atoms with Crippen LogP contribution in [0, 0.1) is 11.2 Å². The molecule has 3 heteroatoms. The van der Waals surface area contributed by atoms with Gasteiger partial charge in [-0.1, -0.05) is 12.1 Å². The van der Waals surface area contributed by atoms with Gasteiger partial charge in [0.1, 0.15) is 5.82 Å². The molecular weight excluding hydrogens is 161 g/mol. The Bertz CT molecular complexity index is 273. The molecule has 0 atom stereocenters. The van der Waals surface area contributed by atoms with Gasteiger partial charge in [0.25, 0.3) is 0 Å². The predicted octanol–water partition coefficient (Wildman–Crippen LogP) is 2.51. The van der Waals surface area contributed by atoms with Crippen molar-refractivity contribution in [3.63, 3.8) is 0 Å².